The van der Waals surface area contributed by atoms with E-state index in [1.165, 1.54) is 0 Å². The highest BCUT2D eigenvalue weighted by atomic mass is 16.5. The number of aromatic nitrogens is 2. The lowest BCUT2D eigenvalue weighted by atomic mass is 10.3. The second kappa shape index (κ2) is 7.87. The van der Waals surface area contributed by atoms with Crippen molar-refractivity contribution in [3.63, 3.8) is 0 Å². The zero-order valence-corrected chi connectivity index (χ0v) is 9.69. The maximum atomic E-state index is 11.0. The first-order valence-corrected chi connectivity index (χ1v) is 5.65. The molecule has 1 rings (SSSR count). The number of hydrogen-bond acceptors (Lipinski definition) is 4. The van der Waals surface area contributed by atoms with E-state index in [-0.39, 0.29) is 5.97 Å². The molecular formula is C11H19N3O2. The quantitative estimate of drug-likeness (QED) is 0.525. The molecule has 0 amide bonds. The van der Waals surface area contributed by atoms with E-state index in [0.29, 0.717) is 13.2 Å². The first-order chi connectivity index (χ1) is 7.83. The molecule has 1 heterocycles. The fraction of sp³-hybridized carbons (Fsp3) is 0.636. The van der Waals surface area contributed by atoms with Crippen molar-refractivity contribution in [2.75, 3.05) is 19.7 Å². The Hall–Kier alpha value is -1.36. The van der Waals surface area contributed by atoms with Crippen molar-refractivity contribution in [3.8, 4) is 0 Å². The van der Waals surface area contributed by atoms with Crippen LogP contribution in [0.1, 0.15) is 19.8 Å². The molecule has 0 saturated carbocycles. The molecule has 0 unspecified atom stereocenters. The van der Waals surface area contributed by atoms with Crippen LogP contribution in [-0.2, 0) is 16.1 Å². The number of nitrogens with one attached hydrogen (secondary N) is 1. The van der Waals surface area contributed by atoms with Gasteiger partial charge in [0.25, 0.3) is 0 Å². The summed E-state index contributed by atoms with van der Waals surface area (Å²) in [5.74, 6) is -0.183. The Balaban J connectivity index is 1.90. The van der Waals surface area contributed by atoms with Gasteiger partial charge in [-0.1, -0.05) is 0 Å². The van der Waals surface area contributed by atoms with Gasteiger partial charge in [-0.2, -0.15) is 0 Å². The summed E-state index contributed by atoms with van der Waals surface area (Å²) < 4.78 is 6.84. The van der Waals surface area contributed by atoms with Crippen LogP contribution in [0.15, 0.2) is 18.7 Å². The molecule has 5 nitrogen and oxygen atoms in total. The van der Waals surface area contributed by atoms with Gasteiger partial charge in [0.2, 0.25) is 0 Å². The Bertz CT molecular complexity index is 285. The molecule has 0 aliphatic heterocycles. The van der Waals surface area contributed by atoms with Gasteiger partial charge in [-0.25, -0.2) is 4.98 Å². The second-order valence-corrected chi connectivity index (χ2v) is 3.49. The average molecular weight is 225 g/mol. The highest BCUT2D eigenvalue weighted by Gasteiger charge is 1.99. The lowest BCUT2D eigenvalue weighted by Crippen LogP contribution is -2.25. The summed E-state index contributed by atoms with van der Waals surface area (Å²) >= 11 is 0. The number of rotatable bonds is 8. The maximum Gasteiger partial charge on any atom is 0.319 e. The molecule has 0 spiro atoms. The largest absolute Gasteiger partial charge is 0.465 e. The number of carbonyl (C=O) groups is 1. The molecule has 0 radical (unpaired) electrons. The smallest absolute Gasteiger partial charge is 0.319 e. The van der Waals surface area contributed by atoms with Crippen molar-refractivity contribution in [2.24, 2.45) is 0 Å². The Labute approximate surface area is 95.8 Å². The van der Waals surface area contributed by atoms with Crippen LogP contribution in [0.25, 0.3) is 0 Å². The highest BCUT2D eigenvalue weighted by molar-refractivity contribution is 5.71. The summed E-state index contributed by atoms with van der Waals surface area (Å²) in [6, 6.07) is 0. The van der Waals surface area contributed by atoms with Crippen molar-refractivity contribution < 1.29 is 9.53 Å². The van der Waals surface area contributed by atoms with Gasteiger partial charge in [0.15, 0.2) is 0 Å². The SMILES string of the molecule is CCOC(=O)CNCCCCn1ccnc1. The summed E-state index contributed by atoms with van der Waals surface area (Å²) in [6.07, 6.45) is 7.65. The van der Waals surface area contributed by atoms with Crippen molar-refractivity contribution in [3.05, 3.63) is 18.7 Å². The van der Waals surface area contributed by atoms with E-state index in [2.05, 4.69) is 10.3 Å². The minimum Gasteiger partial charge on any atom is -0.465 e. The minimum absolute atomic E-state index is 0.183. The molecule has 1 N–H and O–H groups in total. The predicted octanol–water partition coefficient (Wildman–Crippen LogP) is 0.816. The molecular weight excluding hydrogens is 206 g/mol. The molecule has 0 saturated heterocycles. The van der Waals surface area contributed by atoms with Gasteiger partial charge < -0.3 is 14.6 Å². The van der Waals surface area contributed by atoms with Crippen LogP contribution in [0.5, 0.6) is 0 Å². The topological polar surface area (TPSA) is 56.1 Å². The zero-order chi connectivity index (χ0) is 11.6. The van der Waals surface area contributed by atoms with Crippen LogP contribution in [-0.4, -0.2) is 35.2 Å². The van der Waals surface area contributed by atoms with Crippen LogP contribution < -0.4 is 5.32 Å². The van der Waals surface area contributed by atoms with Gasteiger partial charge in [-0.15, -0.1) is 0 Å². The highest BCUT2D eigenvalue weighted by Crippen LogP contribution is 1.93. The lowest BCUT2D eigenvalue weighted by molar-refractivity contribution is -0.141. The van der Waals surface area contributed by atoms with E-state index in [9.17, 15) is 4.79 Å². The van der Waals surface area contributed by atoms with Crippen molar-refractivity contribution in [2.45, 2.75) is 26.3 Å². The number of carbonyl (C=O) groups excluding carboxylic acids is 1. The van der Waals surface area contributed by atoms with E-state index in [1.807, 2.05) is 24.0 Å². The van der Waals surface area contributed by atoms with E-state index in [0.717, 1.165) is 25.9 Å². The average Bonchev–Trinajstić information content (AvgIpc) is 2.76. The standard InChI is InChI=1S/C11H19N3O2/c1-2-16-11(15)9-12-5-3-4-7-14-8-6-13-10-14/h6,8,10,12H,2-5,7,9H2,1H3. The molecule has 0 fully saturated rings. The number of unbranched alkanes of at least 4 members (excludes halogenated alkanes) is 1. The molecule has 0 aliphatic carbocycles. The lowest BCUT2D eigenvalue weighted by Gasteiger charge is -2.04. The third-order valence-corrected chi connectivity index (χ3v) is 2.15. The molecule has 1 aromatic heterocycles. The summed E-state index contributed by atoms with van der Waals surface area (Å²) in [6.45, 7) is 4.37. The van der Waals surface area contributed by atoms with Crippen LogP contribution in [0.2, 0.25) is 0 Å². The van der Waals surface area contributed by atoms with Gasteiger partial charge >= 0.3 is 5.97 Å². The monoisotopic (exact) mass is 225 g/mol. The Kier molecular flexibility index (Phi) is 6.25. The Morgan fingerprint density at radius 3 is 3.06 bits per heavy atom. The van der Waals surface area contributed by atoms with Crippen LogP contribution >= 0.6 is 0 Å². The van der Waals surface area contributed by atoms with Crippen molar-refractivity contribution >= 4 is 5.97 Å². The van der Waals surface area contributed by atoms with Gasteiger partial charge in [-0.3, -0.25) is 4.79 Å². The van der Waals surface area contributed by atoms with Crippen LogP contribution in [0.3, 0.4) is 0 Å². The Morgan fingerprint density at radius 1 is 1.50 bits per heavy atom. The fourth-order valence-corrected chi connectivity index (χ4v) is 1.37. The van der Waals surface area contributed by atoms with Gasteiger partial charge in [0.05, 0.1) is 19.5 Å². The number of aryl methyl sites for hydroxylation is 1. The molecule has 90 valence electrons. The number of ether oxygens (including phenoxy) is 1. The number of nitrogens with zero attached hydrogens (tertiary/aromatic N) is 2. The summed E-state index contributed by atoms with van der Waals surface area (Å²) in [7, 11) is 0. The second-order valence-electron chi connectivity index (χ2n) is 3.49. The molecule has 0 atom stereocenters. The maximum absolute atomic E-state index is 11.0. The normalized spacial score (nSPS) is 10.3. The first kappa shape index (κ1) is 12.7. The molecule has 0 bridgehead atoms. The predicted molar refractivity (Wildman–Crippen MR) is 61.0 cm³/mol. The van der Waals surface area contributed by atoms with Gasteiger partial charge in [0, 0.05) is 18.9 Å². The molecule has 1 aromatic rings. The van der Waals surface area contributed by atoms with Crippen LogP contribution in [0.4, 0.5) is 0 Å². The zero-order valence-electron chi connectivity index (χ0n) is 9.69. The third kappa shape index (κ3) is 5.50. The van der Waals surface area contributed by atoms with E-state index in [4.69, 9.17) is 4.74 Å². The van der Waals surface area contributed by atoms with Gasteiger partial charge in [-0.05, 0) is 26.3 Å². The van der Waals surface area contributed by atoms with Crippen molar-refractivity contribution in [1.82, 2.24) is 14.9 Å². The van der Waals surface area contributed by atoms with E-state index < -0.39 is 0 Å². The minimum atomic E-state index is -0.183. The summed E-state index contributed by atoms with van der Waals surface area (Å²) in [5.41, 5.74) is 0. The fourth-order valence-electron chi connectivity index (χ4n) is 1.37. The molecule has 16 heavy (non-hydrogen) atoms. The molecule has 0 aliphatic rings. The van der Waals surface area contributed by atoms with Gasteiger partial charge in [0.1, 0.15) is 0 Å². The first-order valence-electron chi connectivity index (χ1n) is 5.65. The molecule has 5 heteroatoms. The number of imidazole rings is 1. The summed E-state index contributed by atoms with van der Waals surface area (Å²) in [5, 5.41) is 3.05. The number of esters is 1. The van der Waals surface area contributed by atoms with Crippen LogP contribution in [0, 0.1) is 0 Å². The third-order valence-electron chi connectivity index (χ3n) is 2.15. The van der Waals surface area contributed by atoms with E-state index in [1.54, 1.807) is 6.20 Å². The molecule has 0 aromatic carbocycles. The number of hydrogen-bond donors (Lipinski definition) is 1. The van der Waals surface area contributed by atoms with Crippen molar-refractivity contribution in [1.29, 1.82) is 0 Å². The van der Waals surface area contributed by atoms with E-state index >= 15 is 0 Å². The summed E-state index contributed by atoms with van der Waals surface area (Å²) in [4.78, 5) is 14.9. The Morgan fingerprint density at radius 2 is 2.38 bits per heavy atom.